The fraction of sp³-hybridized carbons (Fsp3) is 0. The average molecular weight is 350 g/mol. The molecular weight excluding hydrogens is 337 g/mol. The van der Waals surface area contributed by atoms with Gasteiger partial charge in [-0.15, -0.1) is 0 Å². The van der Waals surface area contributed by atoms with Gasteiger partial charge in [0.2, 0.25) is 0 Å². The van der Waals surface area contributed by atoms with Gasteiger partial charge in [0.1, 0.15) is 17.2 Å². The summed E-state index contributed by atoms with van der Waals surface area (Å²) in [6.07, 6.45) is 0. The van der Waals surface area contributed by atoms with Crippen molar-refractivity contribution in [2.24, 2.45) is 4.99 Å². The summed E-state index contributed by atoms with van der Waals surface area (Å²) in [7, 11) is 0. The van der Waals surface area contributed by atoms with Crippen molar-refractivity contribution in [3.63, 3.8) is 0 Å². The summed E-state index contributed by atoms with van der Waals surface area (Å²) in [6, 6.07) is 23.2. The Hall–Kier alpha value is -2.91. The maximum absolute atomic E-state index is 13.1. The van der Waals surface area contributed by atoms with Crippen molar-refractivity contribution in [2.45, 2.75) is 0 Å². The Bertz CT molecular complexity index is 1100. The molecular formula is C21H13ClFNO. The third-order valence-corrected chi connectivity index (χ3v) is 4.07. The molecule has 0 unspecified atom stereocenters. The molecule has 0 spiro atoms. The lowest BCUT2D eigenvalue weighted by molar-refractivity contribution is 0.618. The maximum atomic E-state index is 13.1. The Morgan fingerprint density at radius 3 is 2.36 bits per heavy atom. The van der Waals surface area contributed by atoms with Gasteiger partial charge >= 0.3 is 0 Å². The number of benzene rings is 3. The lowest BCUT2D eigenvalue weighted by atomic mass is 10.1. The van der Waals surface area contributed by atoms with Gasteiger partial charge in [0, 0.05) is 22.0 Å². The Labute approximate surface area is 148 Å². The van der Waals surface area contributed by atoms with E-state index in [-0.39, 0.29) is 5.82 Å². The van der Waals surface area contributed by atoms with Gasteiger partial charge in [-0.2, -0.15) is 0 Å². The Balaban J connectivity index is 2.00. The first-order valence-electron chi connectivity index (χ1n) is 7.78. The summed E-state index contributed by atoms with van der Waals surface area (Å²) in [5.41, 5.74) is 2.30. The molecule has 122 valence electrons. The van der Waals surface area contributed by atoms with Crippen LogP contribution in [0, 0.1) is 5.82 Å². The van der Waals surface area contributed by atoms with E-state index < -0.39 is 0 Å². The highest BCUT2D eigenvalue weighted by molar-refractivity contribution is 6.31. The van der Waals surface area contributed by atoms with Gasteiger partial charge in [0.25, 0.3) is 0 Å². The second kappa shape index (κ2) is 6.54. The van der Waals surface area contributed by atoms with Crippen LogP contribution in [-0.2, 0) is 0 Å². The van der Waals surface area contributed by atoms with E-state index in [0.717, 1.165) is 10.9 Å². The van der Waals surface area contributed by atoms with E-state index in [1.165, 1.54) is 12.1 Å². The molecule has 0 aliphatic rings. The van der Waals surface area contributed by atoms with Gasteiger partial charge in [-0.25, -0.2) is 9.38 Å². The van der Waals surface area contributed by atoms with E-state index in [1.807, 2.05) is 48.5 Å². The molecule has 0 saturated carbocycles. The third-order valence-electron chi connectivity index (χ3n) is 3.84. The molecule has 0 saturated heterocycles. The zero-order valence-electron chi connectivity index (χ0n) is 13.1. The lowest BCUT2D eigenvalue weighted by Gasteiger charge is -2.05. The number of fused-ring (bicyclic) bond motifs is 1. The second-order valence-electron chi connectivity index (χ2n) is 5.59. The molecule has 0 atom stereocenters. The number of halogens is 2. The minimum absolute atomic E-state index is 0.292. The van der Waals surface area contributed by atoms with Crippen molar-refractivity contribution in [1.29, 1.82) is 0 Å². The van der Waals surface area contributed by atoms with Gasteiger partial charge < -0.3 is 4.42 Å². The molecule has 4 rings (SSSR count). The topological polar surface area (TPSA) is 25.5 Å². The largest absolute Gasteiger partial charge is 0.456 e. The molecule has 0 fully saturated rings. The van der Waals surface area contributed by atoms with E-state index in [0.29, 0.717) is 27.4 Å². The van der Waals surface area contributed by atoms with E-state index in [2.05, 4.69) is 4.99 Å². The van der Waals surface area contributed by atoms with Crippen LogP contribution in [0.1, 0.15) is 0 Å². The summed E-state index contributed by atoms with van der Waals surface area (Å²) in [6.45, 7) is 0. The predicted octanol–water partition coefficient (Wildman–Crippen LogP) is 6.12. The normalized spacial score (nSPS) is 11.8. The highest BCUT2D eigenvalue weighted by atomic mass is 35.5. The Kier molecular flexibility index (Phi) is 4.08. The smallest absolute Gasteiger partial charge is 0.136 e. The number of hydrogen-bond donors (Lipinski definition) is 0. The molecule has 0 amide bonds. The fourth-order valence-electron chi connectivity index (χ4n) is 2.63. The van der Waals surface area contributed by atoms with Gasteiger partial charge in [0.15, 0.2) is 0 Å². The van der Waals surface area contributed by atoms with Crippen LogP contribution in [0.25, 0.3) is 22.3 Å². The molecule has 4 aromatic rings. The van der Waals surface area contributed by atoms with Crippen LogP contribution in [0.2, 0.25) is 5.02 Å². The molecule has 3 aromatic carbocycles. The van der Waals surface area contributed by atoms with Crippen molar-refractivity contribution < 1.29 is 8.81 Å². The van der Waals surface area contributed by atoms with E-state index in [4.69, 9.17) is 16.0 Å². The average Bonchev–Trinajstić information content (AvgIpc) is 2.64. The van der Waals surface area contributed by atoms with Crippen molar-refractivity contribution in [3.8, 4) is 11.3 Å². The van der Waals surface area contributed by atoms with Crippen LogP contribution >= 0.6 is 11.6 Å². The molecule has 0 radical (unpaired) electrons. The van der Waals surface area contributed by atoms with Crippen LogP contribution < -0.4 is 5.36 Å². The summed E-state index contributed by atoms with van der Waals surface area (Å²) in [4.78, 5) is 4.65. The summed E-state index contributed by atoms with van der Waals surface area (Å²) in [5.74, 6) is 0.413. The molecule has 1 aromatic heterocycles. The van der Waals surface area contributed by atoms with Crippen molar-refractivity contribution >= 4 is 28.3 Å². The summed E-state index contributed by atoms with van der Waals surface area (Å²) >= 11 is 6.14. The second-order valence-corrected chi connectivity index (χ2v) is 6.03. The minimum Gasteiger partial charge on any atom is -0.456 e. The Morgan fingerprint density at radius 2 is 1.60 bits per heavy atom. The van der Waals surface area contributed by atoms with Crippen LogP contribution in [0.5, 0.6) is 0 Å². The molecule has 1 heterocycles. The van der Waals surface area contributed by atoms with Crippen LogP contribution in [0.15, 0.2) is 88.3 Å². The highest BCUT2D eigenvalue weighted by Crippen LogP contribution is 2.24. The monoisotopic (exact) mass is 349 g/mol. The number of hydrogen-bond acceptors (Lipinski definition) is 2. The van der Waals surface area contributed by atoms with Crippen molar-refractivity contribution in [1.82, 2.24) is 0 Å². The third kappa shape index (κ3) is 3.32. The van der Waals surface area contributed by atoms with Crippen molar-refractivity contribution in [3.05, 3.63) is 95.1 Å². The van der Waals surface area contributed by atoms with Gasteiger partial charge in [-0.1, -0.05) is 41.9 Å². The first-order valence-corrected chi connectivity index (χ1v) is 8.16. The predicted molar refractivity (Wildman–Crippen MR) is 98.3 cm³/mol. The van der Waals surface area contributed by atoms with E-state index in [9.17, 15) is 4.39 Å². The molecule has 0 N–H and O–H groups in total. The van der Waals surface area contributed by atoms with Crippen LogP contribution in [0.3, 0.4) is 0 Å². The SMILES string of the molecule is Fc1ccc(N=c2cc(-c3ccccc3)oc3ccc(Cl)cc23)cc1. The fourth-order valence-corrected chi connectivity index (χ4v) is 2.81. The zero-order chi connectivity index (χ0) is 17.2. The van der Waals surface area contributed by atoms with Gasteiger partial charge in [0.05, 0.1) is 11.0 Å². The lowest BCUT2D eigenvalue weighted by Crippen LogP contribution is -2.03. The maximum Gasteiger partial charge on any atom is 0.136 e. The molecule has 25 heavy (non-hydrogen) atoms. The van der Waals surface area contributed by atoms with Gasteiger partial charge in [-0.3, -0.25) is 0 Å². The molecule has 2 nitrogen and oxygen atoms in total. The number of nitrogens with zero attached hydrogens (tertiary/aromatic N) is 1. The zero-order valence-corrected chi connectivity index (χ0v) is 13.9. The van der Waals surface area contributed by atoms with E-state index >= 15 is 0 Å². The van der Waals surface area contributed by atoms with E-state index in [1.54, 1.807) is 18.2 Å². The standard InChI is InChI=1S/C21H13ClFNO/c22-15-6-11-20-18(12-15)19(24-17-9-7-16(23)8-10-17)13-21(25-20)14-4-2-1-3-5-14/h1-13H. The van der Waals surface area contributed by atoms with Crippen LogP contribution in [-0.4, -0.2) is 0 Å². The molecule has 4 heteroatoms. The highest BCUT2D eigenvalue weighted by Gasteiger charge is 2.06. The first-order chi connectivity index (χ1) is 12.2. The minimum atomic E-state index is -0.292. The number of rotatable bonds is 2. The molecule has 0 bridgehead atoms. The Morgan fingerprint density at radius 1 is 0.840 bits per heavy atom. The summed E-state index contributed by atoms with van der Waals surface area (Å²) in [5, 5.41) is 2.12. The summed E-state index contributed by atoms with van der Waals surface area (Å²) < 4.78 is 19.2. The van der Waals surface area contributed by atoms with Crippen molar-refractivity contribution in [2.75, 3.05) is 0 Å². The molecule has 0 aliphatic heterocycles. The first kappa shape index (κ1) is 15.6. The van der Waals surface area contributed by atoms with Gasteiger partial charge in [-0.05, 0) is 42.5 Å². The quantitative estimate of drug-likeness (QED) is 0.427. The van der Waals surface area contributed by atoms with Crippen LogP contribution in [0.4, 0.5) is 10.1 Å². The molecule has 0 aliphatic carbocycles.